The van der Waals surface area contributed by atoms with Gasteiger partial charge in [-0.05, 0) is 24.1 Å². The van der Waals surface area contributed by atoms with Gasteiger partial charge in [-0.15, -0.1) is 6.58 Å². The highest BCUT2D eigenvalue weighted by molar-refractivity contribution is 5.30. The molecule has 0 aliphatic carbocycles. The number of aromatic hydroxyl groups is 1. The third-order valence-corrected chi connectivity index (χ3v) is 4.47. The molecule has 1 N–H and O–H groups in total. The van der Waals surface area contributed by atoms with Gasteiger partial charge in [0.25, 0.3) is 0 Å². The van der Waals surface area contributed by atoms with Crippen molar-refractivity contribution in [3.63, 3.8) is 0 Å². The number of hydrogen-bond acceptors (Lipinski definition) is 1. The second-order valence-corrected chi connectivity index (χ2v) is 6.40. The molecule has 0 bridgehead atoms. The Hall–Kier alpha value is -1.24. The van der Waals surface area contributed by atoms with E-state index in [9.17, 15) is 5.11 Å². The summed E-state index contributed by atoms with van der Waals surface area (Å²) in [7, 11) is 0. The van der Waals surface area contributed by atoms with Crippen LogP contribution in [0.1, 0.15) is 89.0 Å². The lowest BCUT2D eigenvalue weighted by atomic mass is 9.93. The topological polar surface area (TPSA) is 20.2 Å². The zero-order chi connectivity index (χ0) is 16.0. The van der Waals surface area contributed by atoms with Crippen molar-refractivity contribution in [3.8, 4) is 5.75 Å². The molecule has 1 heteroatoms. The van der Waals surface area contributed by atoms with E-state index < -0.39 is 0 Å². The average Bonchev–Trinajstić information content (AvgIpc) is 2.54. The summed E-state index contributed by atoms with van der Waals surface area (Å²) in [4.78, 5) is 0. The van der Waals surface area contributed by atoms with E-state index in [1.807, 2.05) is 18.2 Å². The molecule has 0 saturated carbocycles. The number of unbranched alkanes of at least 4 members (excludes halogenated alkanes) is 9. The van der Waals surface area contributed by atoms with Gasteiger partial charge in [-0.3, -0.25) is 0 Å². The molecule has 0 aliphatic rings. The Morgan fingerprint density at radius 2 is 1.36 bits per heavy atom. The summed E-state index contributed by atoms with van der Waals surface area (Å²) in [6.45, 7) is 6.23. The van der Waals surface area contributed by atoms with E-state index in [0.29, 0.717) is 11.7 Å². The van der Waals surface area contributed by atoms with Crippen molar-refractivity contribution in [3.05, 3.63) is 42.5 Å². The van der Waals surface area contributed by atoms with Crippen LogP contribution in [0.2, 0.25) is 0 Å². The lowest BCUT2D eigenvalue weighted by molar-refractivity contribution is 0.475. The fourth-order valence-electron chi connectivity index (χ4n) is 2.99. The number of benzene rings is 1. The summed E-state index contributed by atoms with van der Waals surface area (Å²) in [5.41, 5.74) is 1.27. The Morgan fingerprint density at radius 1 is 0.864 bits per heavy atom. The largest absolute Gasteiger partial charge is 0.508 e. The van der Waals surface area contributed by atoms with Gasteiger partial charge in [-0.1, -0.05) is 89.3 Å². The minimum Gasteiger partial charge on any atom is -0.508 e. The molecule has 1 nitrogen and oxygen atoms in total. The first kappa shape index (κ1) is 18.8. The van der Waals surface area contributed by atoms with Crippen LogP contribution in [0.25, 0.3) is 0 Å². The summed E-state index contributed by atoms with van der Waals surface area (Å²) in [6, 6.07) is 7.56. The number of hydrogen-bond donors (Lipinski definition) is 1. The fourth-order valence-corrected chi connectivity index (χ4v) is 2.99. The Balaban J connectivity index is 2.05. The quantitative estimate of drug-likeness (QED) is 0.308. The maximum Gasteiger partial charge on any atom is 0.115 e. The average molecular weight is 303 g/mol. The first-order valence-electron chi connectivity index (χ1n) is 9.19. The molecule has 0 heterocycles. The van der Waals surface area contributed by atoms with Gasteiger partial charge in [0.05, 0.1) is 0 Å². The molecular weight excluding hydrogens is 268 g/mol. The normalized spacial score (nSPS) is 12.2. The van der Waals surface area contributed by atoms with Crippen LogP contribution in [0.4, 0.5) is 0 Å². The van der Waals surface area contributed by atoms with E-state index in [2.05, 4.69) is 13.5 Å². The molecule has 0 aliphatic heterocycles. The standard InChI is InChI=1S/C21H34O/c1-3-5-6-7-8-9-10-11-12-13-14-19(4-2)20-15-17-21(22)18-16-20/h4,15-19,22H,2-3,5-14H2,1H3. The first-order chi connectivity index (χ1) is 10.8. The van der Waals surface area contributed by atoms with E-state index >= 15 is 0 Å². The van der Waals surface area contributed by atoms with E-state index in [1.54, 1.807) is 12.1 Å². The maximum absolute atomic E-state index is 9.35. The van der Waals surface area contributed by atoms with Gasteiger partial charge >= 0.3 is 0 Å². The number of rotatable bonds is 13. The van der Waals surface area contributed by atoms with Gasteiger partial charge in [-0.2, -0.15) is 0 Å². The van der Waals surface area contributed by atoms with E-state index in [1.165, 1.54) is 76.2 Å². The lowest BCUT2D eigenvalue weighted by Crippen LogP contribution is -1.95. The molecule has 124 valence electrons. The first-order valence-corrected chi connectivity index (χ1v) is 9.19. The molecule has 1 unspecified atom stereocenters. The molecule has 1 aromatic carbocycles. The second-order valence-electron chi connectivity index (χ2n) is 6.40. The highest BCUT2D eigenvalue weighted by Gasteiger charge is 2.07. The minimum atomic E-state index is 0.338. The van der Waals surface area contributed by atoms with Crippen molar-refractivity contribution in [2.24, 2.45) is 0 Å². The molecule has 0 aromatic heterocycles. The summed E-state index contributed by atoms with van der Waals surface area (Å²) < 4.78 is 0. The van der Waals surface area contributed by atoms with Gasteiger partial charge in [-0.25, -0.2) is 0 Å². The zero-order valence-corrected chi connectivity index (χ0v) is 14.4. The number of phenolic OH excluding ortho intramolecular Hbond substituents is 1. The van der Waals surface area contributed by atoms with Crippen LogP contribution in [0.15, 0.2) is 36.9 Å². The van der Waals surface area contributed by atoms with Crippen LogP contribution in [-0.2, 0) is 0 Å². The molecule has 1 rings (SSSR count). The zero-order valence-electron chi connectivity index (χ0n) is 14.4. The molecule has 0 saturated heterocycles. The smallest absolute Gasteiger partial charge is 0.115 e. The van der Waals surface area contributed by atoms with Gasteiger partial charge in [0.15, 0.2) is 0 Å². The van der Waals surface area contributed by atoms with Crippen LogP contribution in [0, 0.1) is 0 Å². The Bertz CT molecular complexity index is 379. The van der Waals surface area contributed by atoms with Crippen molar-refractivity contribution >= 4 is 0 Å². The molecule has 0 radical (unpaired) electrons. The van der Waals surface area contributed by atoms with Gasteiger partial charge in [0.1, 0.15) is 5.75 Å². The van der Waals surface area contributed by atoms with Crippen molar-refractivity contribution in [1.82, 2.24) is 0 Å². The monoisotopic (exact) mass is 302 g/mol. The fraction of sp³-hybridized carbons (Fsp3) is 0.619. The van der Waals surface area contributed by atoms with Gasteiger partial charge < -0.3 is 5.11 Å². The molecule has 0 spiro atoms. The molecule has 1 aromatic rings. The molecular formula is C21H34O. The maximum atomic E-state index is 9.35. The highest BCUT2D eigenvalue weighted by atomic mass is 16.3. The van der Waals surface area contributed by atoms with Crippen LogP contribution in [-0.4, -0.2) is 5.11 Å². The van der Waals surface area contributed by atoms with Crippen molar-refractivity contribution in [2.75, 3.05) is 0 Å². The third-order valence-electron chi connectivity index (χ3n) is 4.47. The van der Waals surface area contributed by atoms with Crippen LogP contribution >= 0.6 is 0 Å². The summed E-state index contributed by atoms with van der Waals surface area (Å²) >= 11 is 0. The van der Waals surface area contributed by atoms with Gasteiger partial charge in [0.2, 0.25) is 0 Å². The van der Waals surface area contributed by atoms with Crippen LogP contribution in [0.3, 0.4) is 0 Å². The minimum absolute atomic E-state index is 0.338. The summed E-state index contributed by atoms with van der Waals surface area (Å²) in [5.74, 6) is 0.764. The van der Waals surface area contributed by atoms with Crippen LogP contribution < -0.4 is 0 Å². The van der Waals surface area contributed by atoms with Crippen molar-refractivity contribution in [2.45, 2.75) is 83.5 Å². The molecule has 0 fully saturated rings. The number of allylic oxidation sites excluding steroid dienone is 1. The molecule has 0 amide bonds. The molecule has 22 heavy (non-hydrogen) atoms. The summed E-state index contributed by atoms with van der Waals surface area (Å²) in [6.07, 6.45) is 17.0. The third kappa shape index (κ3) is 8.26. The predicted molar refractivity (Wildman–Crippen MR) is 97.5 cm³/mol. The molecule has 1 atom stereocenters. The van der Waals surface area contributed by atoms with Crippen molar-refractivity contribution < 1.29 is 5.11 Å². The second kappa shape index (κ2) is 12.3. The van der Waals surface area contributed by atoms with E-state index in [-0.39, 0.29) is 0 Å². The van der Waals surface area contributed by atoms with E-state index in [0.717, 1.165) is 0 Å². The Morgan fingerprint density at radius 3 is 1.86 bits per heavy atom. The van der Waals surface area contributed by atoms with E-state index in [4.69, 9.17) is 0 Å². The van der Waals surface area contributed by atoms with Gasteiger partial charge in [0, 0.05) is 5.92 Å². The van der Waals surface area contributed by atoms with Crippen molar-refractivity contribution in [1.29, 1.82) is 0 Å². The SMILES string of the molecule is C=CC(CCCCCCCCCCCC)c1ccc(O)cc1. The highest BCUT2D eigenvalue weighted by Crippen LogP contribution is 2.25. The Labute approximate surface area is 137 Å². The van der Waals surface area contributed by atoms with Crippen LogP contribution in [0.5, 0.6) is 5.75 Å². The Kier molecular flexibility index (Phi) is 10.5. The summed E-state index contributed by atoms with van der Waals surface area (Å²) in [5, 5.41) is 9.35. The predicted octanol–water partition coefficient (Wildman–Crippen LogP) is 6.97. The number of phenols is 1. The lowest BCUT2D eigenvalue weighted by Gasteiger charge is -2.13.